The number of hydrogen-bond donors (Lipinski definition) is 0. The summed E-state index contributed by atoms with van der Waals surface area (Å²) in [6.07, 6.45) is 0. The standard InChI is InChI=1S/C54H34N4O2/c1-54(2)43-27-33(20-23-35(43)40-29-42-38-16-8-11-19-48(38)60-50(42)30-44(40)54)32-22-25-46-41(26-32)36-14-6-9-17-45(36)58(46)53-56-51(31-12-4-3-5-13-31)55-52(57-53)34-21-24-39-37-15-7-10-18-47(37)59-49(39)28-34/h3-30H,1-2H3. The summed E-state index contributed by atoms with van der Waals surface area (Å²) in [7, 11) is 0. The summed E-state index contributed by atoms with van der Waals surface area (Å²) >= 11 is 0. The third-order valence-electron chi connectivity index (χ3n) is 12.7. The Morgan fingerprint density at radius 3 is 1.77 bits per heavy atom. The Balaban J connectivity index is 0.962. The zero-order valence-corrected chi connectivity index (χ0v) is 32.8. The molecule has 4 aromatic heterocycles. The lowest BCUT2D eigenvalue weighted by Crippen LogP contribution is -2.15. The lowest BCUT2D eigenvalue weighted by atomic mass is 9.81. The number of fused-ring (bicyclic) bond motifs is 12. The molecule has 0 N–H and O–H groups in total. The molecule has 0 spiro atoms. The molecule has 0 fully saturated rings. The van der Waals surface area contributed by atoms with Gasteiger partial charge in [-0.1, -0.05) is 123 Å². The first-order valence-electron chi connectivity index (χ1n) is 20.3. The second kappa shape index (κ2) is 12.1. The Labute approximate surface area is 344 Å². The van der Waals surface area contributed by atoms with Gasteiger partial charge in [-0.3, -0.25) is 4.57 Å². The largest absolute Gasteiger partial charge is 0.456 e. The quantitative estimate of drug-likeness (QED) is 0.178. The van der Waals surface area contributed by atoms with Crippen LogP contribution in [0.4, 0.5) is 0 Å². The van der Waals surface area contributed by atoms with Crippen molar-refractivity contribution >= 4 is 65.7 Å². The van der Waals surface area contributed by atoms with E-state index < -0.39 is 0 Å². The highest BCUT2D eigenvalue weighted by Crippen LogP contribution is 2.52. The van der Waals surface area contributed by atoms with Crippen molar-refractivity contribution in [1.29, 1.82) is 0 Å². The molecular weight excluding hydrogens is 737 g/mol. The molecule has 0 bridgehead atoms. The average molecular weight is 771 g/mol. The first kappa shape index (κ1) is 33.2. The minimum atomic E-state index is -0.199. The molecule has 0 amide bonds. The maximum absolute atomic E-state index is 6.34. The molecule has 13 rings (SSSR count). The first-order valence-corrected chi connectivity index (χ1v) is 20.3. The van der Waals surface area contributed by atoms with E-state index >= 15 is 0 Å². The van der Waals surface area contributed by atoms with Gasteiger partial charge in [0.25, 0.3) is 0 Å². The van der Waals surface area contributed by atoms with Gasteiger partial charge >= 0.3 is 0 Å². The Hall–Kier alpha value is -7.83. The Morgan fingerprint density at radius 2 is 0.967 bits per heavy atom. The number of rotatable bonds is 4. The highest BCUT2D eigenvalue weighted by molar-refractivity contribution is 6.11. The molecule has 0 radical (unpaired) electrons. The Bertz CT molecular complexity index is 3760. The molecule has 0 saturated heterocycles. The van der Waals surface area contributed by atoms with Crippen molar-refractivity contribution < 1.29 is 8.83 Å². The number of nitrogens with zero attached hydrogens (tertiary/aromatic N) is 4. The van der Waals surface area contributed by atoms with Gasteiger partial charge in [0.05, 0.1) is 11.0 Å². The molecule has 1 aliphatic rings. The zero-order valence-electron chi connectivity index (χ0n) is 32.8. The number of benzene rings is 8. The van der Waals surface area contributed by atoms with Crippen LogP contribution in [0.1, 0.15) is 25.0 Å². The fourth-order valence-corrected chi connectivity index (χ4v) is 9.68. The van der Waals surface area contributed by atoms with Crippen molar-refractivity contribution in [3.8, 4) is 51.0 Å². The van der Waals surface area contributed by atoms with Crippen LogP contribution >= 0.6 is 0 Å². The van der Waals surface area contributed by atoms with Gasteiger partial charge in [0.15, 0.2) is 11.6 Å². The van der Waals surface area contributed by atoms with Crippen LogP contribution in [0, 0.1) is 0 Å². The van der Waals surface area contributed by atoms with E-state index in [1.807, 2.05) is 66.7 Å². The molecule has 0 aliphatic heterocycles. The van der Waals surface area contributed by atoms with E-state index in [2.05, 4.69) is 122 Å². The average Bonchev–Trinajstić information content (AvgIpc) is 4.01. The summed E-state index contributed by atoms with van der Waals surface area (Å²) in [6, 6.07) is 59.6. The van der Waals surface area contributed by atoms with E-state index in [1.165, 1.54) is 27.8 Å². The van der Waals surface area contributed by atoms with Crippen LogP contribution in [-0.4, -0.2) is 19.5 Å². The van der Waals surface area contributed by atoms with Crippen molar-refractivity contribution in [2.75, 3.05) is 0 Å². The summed E-state index contributed by atoms with van der Waals surface area (Å²) < 4.78 is 14.8. The summed E-state index contributed by atoms with van der Waals surface area (Å²) in [5.41, 5.74) is 14.6. The summed E-state index contributed by atoms with van der Waals surface area (Å²) in [6.45, 7) is 4.66. The molecule has 4 heterocycles. The van der Waals surface area contributed by atoms with Crippen LogP contribution in [0.3, 0.4) is 0 Å². The summed E-state index contributed by atoms with van der Waals surface area (Å²) in [4.78, 5) is 15.4. The maximum Gasteiger partial charge on any atom is 0.238 e. The first-order chi connectivity index (χ1) is 29.5. The van der Waals surface area contributed by atoms with Gasteiger partial charge in [-0.25, -0.2) is 4.98 Å². The SMILES string of the molecule is CC1(C)c2cc(-c3ccc4c(c3)c3ccccc3n4-c3nc(-c4ccccc4)nc(-c4ccc5c(c4)oc4ccccc45)n3)ccc2-c2cc3c(cc21)oc1ccccc13. The minimum Gasteiger partial charge on any atom is -0.456 e. The van der Waals surface area contributed by atoms with Crippen molar-refractivity contribution in [2.45, 2.75) is 19.3 Å². The molecule has 12 aromatic rings. The number of aromatic nitrogens is 4. The van der Waals surface area contributed by atoms with Gasteiger partial charge in [-0.15, -0.1) is 0 Å². The molecular formula is C54H34N4O2. The summed E-state index contributed by atoms with van der Waals surface area (Å²) in [5, 5.41) is 6.72. The predicted molar refractivity (Wildman–Crippen MR) is 243 cm³/mol. The Morgan fingerprint density at radius 1 is 0.383 bits per heavy atom. The molecule has 6 nitrogen and oxygen atoms in total. The highest BCUT2D eigenvalue weighted by Gasteiger charge is 2.36. The molecule has 282 valence electrons. The van der Waals surface area contributed by atoms with Crippen molar-refractivity contribution in [1.82, 2.24) is 19.5 Å². The lowest BCUT2D eigenvalue weighted by molar-refractivity contribution is 0.647. The van der Waals surface area contributed by atoms with Crippen LogP contribution in [-0.2, 0) is 5.41 Å². The zero-order chi connectivity index (χ0) is 39.7. The smallest absolute Gasteiger partial charge is 0.238 e. The van der Waals surface area contributed by atoms with Gasteiger partial charge in [0, 0.05) is 48.9 Å². The minimum absolute atomic E-state index is 0.199. The Kier molecular flexibility index (Phi) is 6.69. The van der Waals surface area contributed by atoms with Crippen molar-refractivity contribution in [3.63, 3.8) is 0 Å². The van der Waals surface area contributed by atoms with E-state index in [0.717, 1.165) is 82.4 Å². The summed E-state index contributed by atoms with van der Waals surface area (Å²) in [5.74, 6) is 1.73. The normalized spacial score (nSPS) is 13.3. The van der Waals surface area contributed by atoms with E-state index in [1.54, 1.807) is 0 Å². The third-order valence-corrected chi connectivity index (χ3v) is 12.7. The lowest BCUT2D eigenvalue weighted by Gasteiger charge is -2.22. The molecule has 6 heteroatoms. The van der Waals surface area contributed by atoms with Gasteiger partial charge in [0.1, 0.15) is 22.3 Å². The van der Waals surface area contributed by atoms with E-state index in [0.29, 0.717) is 17.6 Å². The van der Waals surface area contributed by atoms with Crippen LogP contribution in [0.2, 0.25) is 0 Å². The number of para-hydroxylation sites is 3. The topological polar surface area (TPSA) is 69.9 Å². The molecule has 8 aromatic carbocycles. The molecule has 60 heavy (non-hydrogen) atoms. The molecule has 0 unspecified atom stereocenters. The van der Waals surface area contributed by atoms with E-state index in [-0.39, 0.29) is 5.41 Å². The number of hydrogen-bond acceptors (Lipinski definition) is 5. The second-order valence-corrected chi connectivity index (χ2v) is 16.4. The molecule has 0 atom stereocenters. The monoisotopic (exact) mass is 770 g/mol. The maximum atomic E-state index is 6.34. The fraction of sp³-hybridized carbons (Fsp3) is 0.0556. The van der Waals surface area contributed by atoms with E-state index in [9.17, 15) is 0 Å². The van der Waals surface area contributed by atoms with Gasteiger partial charge in [-0.05, 0) is 94.0 Å². The van der Waals surface area contributed by atoms with E-state index in [4.69, 9.17) is 23.8 Å². The molecule has 0 saturated carbocycles. The van der Waals surface area contributed by atoms with Crippen molar-refractivity contribution in [2.24, 2.45) is 0 Å². The van der Waals surface area contributed by atoms with Crippen LogP contribution in [0.15, 0.2) is 179 Å². The molecule has 1 aliphatic carbocycles. The fourth-order valence-electron chi connectivity index (χ4n) is 9.68. The third kappa shape index (κ3) is 4.73. The van der Waals surface area contributed by atoms with Crippen LogP contribution in [0.5, 0.6) is 0 Å². The highest BCUT2D eigenvalue weighted by atomic mass is 16.3. The van der Waals surface area contributed by atoms with Crippen LogP contribution < -0.4 is 0 Å². The van der Waals surface area contributed by atoms with Gasteiger partial charge < -0.3 is 8.83 Å². The van der Waals surface area contributed by atoms with Gasteiger partial charge in [-0.2, -0.15) is 9.97 Å². The van der Waals surface area contributed by atoms with Crippen LogP contribution in [0.25, 0.3) is 117 Å². The van der Waals surface area contributed by atoms with Crippen molar-refractivity contribution in [3.05, 3.63) is 181 Å². The second-order valence-electron chi connectivity index (χ2n) is 16.4. The number of furan rings is 2. The predicted octanol–water partition coefficient (Wildman–Crippen LogP) is 14.1. The van der Waals surface area contributed by atoms with Gasteiger partial charge in [0.2, 0.25) is 5.95 Å².